The van der Waals surface area contributed by atoms with Gasteiger partial charge in [-0.3, -0.25) is 4.79 Å². The molecule has 1 saturated carbocycles. The molecule has 0 saturated heterocycles. The van der Waals surface area contributed by atoms with Crippen molar-refractivity contribution in [3.05, 3.63) is 35.4 Å². The van der Waals surface area contributed by atoms with Crippen molar-refractivity contribution in [1.82, 2.24) is 5.32 Å². The molecule has 2 atom stereocenters. The van der Waals surface area contributed by atoms with Gasteiger partial charge in [-0.25, -0.2) is 4.79 Å². The van der Waals surface area contributed by atoms with Crippen molar-refractivity contribution >= 4 is 24.3 Å². The van der Waals surface area contributed by atoms with Crippen molar-refractivity contribution in [2.45, 2.75) is 12.8 Å². The molecule has 0 spiro atoms. The summed E-state index contributed by atoms with van der Waals surface area (Å²) in [5.74, 6) is 0.00572. The van der Waals surface area contributed by atoms with Gasteiger partial charge >= 0.3 is 5.97 Å². The number of benzene rings is 1. The number of carboxylic acid groups (broad SMARTS) is 1. The van der Waals surface area contributed by atoms with Gasteiger partial charge in [0.15, 0.2) is 0 Å². The molecule has 110 valence electrons. The summed E-state index contributed by atoms with van der Waals surface area (Å²) in [6.45, 7) is 1.35. The Hall–Kier alpha value is -1.59. The number of carbonyl (C=O) groups excluding carboxylic acids is 1. The second kappa shape index (κ2) is 7.26. The molecule has 1 amide bonds. The Labute approximate surface area is 124 Å². The zero-order valence-corrected chi connectivity index (χ0v) is 11.9. The minimum atomic E-state index is -0.981. The van der Waals surface area contributed by atoms with Crippen LogP contribution in [0.3, 0.4) is 0 Å². The lowest BCUT2D eigenvalue weighted by Crippen LogP contribution is -2.28. The van der Waals surface area contributed by atoms with Crippen LogP contribution < -0.4 is 11.1 Å². The molecule has 20 heavy (non-hydrogen) atoms. The lowest BCUT2D eigenvalue weighted by molar-refractivity contribution is -0.120. The standard InChI is InChI=1S/C14H18N2O3.ClH/c15-7-11-6-12(11)8-16-13(17)5-9-2-1-3-10(4-9)14(18)19;/h1-4,11-12H,5-8,15H2,(H,16,17)(H,18,19);1H. The van der Waals surface area contributed by atoms with Crippen LogP contribution in [0.1, 0.15) is 22.3 Å². The van der Waals surface area contributed by atoms with E-state index in [-0.39, 0.29) is 30.3 Å². The van der Waals surface area contributed by atoms with Crippen molar-refractivity contribution < 1.29 is 14.7 Å². The predicted octanol–water partition coefficient (Wildman–Crippen LogP) is 1.06. The lowest BCUT2D eigenvalue weighted by atomic mass is 10.1. The molecule has 0 heterocycles. The van der Waals surface area contributed by atoms with Gasteiger partial charge in [0.05, 0.1) is 12.0 Å². The van der Waals surface area contributed by atoms with Crippen molar-refractivity contribution in [3.63, 3.8) is 0 Å². The monoisotopic (exact) mass is 298 g/mol. The molecule has 1 aliphatic rings. The Morgan fingerprint density at radius 3 is 2.70 bits per heavy atom. The van der Waals surface area contributed by atoms with Gasteiger partial charge in [-0.05, 0) is 42.5 Å². The fourth-order valence-electron chi connectivity index (χ4n) is 2.16. The number of amides is 1. The highest BCUT2D eigenvalue weighted by molar-refractivity contribution is 5.88. The predicted molar refractivity (Wildman–Crippen MR) is 78.0 cm³/mol. The normalized spacial score (nSPS) is 19.9. The first-order valence-electron chi connectivity index (χ1n) is 6.39. The summed E-state index contributed by atoms with van der Waals surface area (Å²) in [5.41, 5.74) is 6.45. The van der Waals surface area contributed by atoms with E-state index >= 15 is 0 Å². The van der Waals surface area contributed by atoms with Gasteiger partial charge in [-0.15, -0.1) is 12.4 Å². The summed E-state index contributed by atoms with van der Waals surface area (Å²) in [4.78, 5) is 22.6. The van der Waals surface area contributed by atoms with Crippen molar-refractivity contribution in [3.8, 4) is 0 Å². The molecule has 0 aromatic heterocycles. The average Bonchev–Trinajstić information content (AvgIpc) is 3.15. The first-order chi connectivity index (χ1) is 9.10. The number of nitrogens with two attached hydrogens (primary N) is 1. The highest BCUT2D eigenvalue weighted by Gasteiger charge is 2.35. The molecule has 5 nitrogen and oxygen atoms in total. The van der Waals surface area contributed by atoms with Crippen LogP contribution in [0.2, 0.25) is 0 Å². The summed E-state index contributed by atoms with van der Waals surface area (Å²) in [5, 5.41) is 11.7. The van der Waals surface area contributed by atoms with Gasteiger partial charge in [-0.2, -0.15) is 0 Å². The van der Waals surface area contributed by atoms with E-state index in [1.54, 1.807) is 12.1 Å². The Kier molecular flexibility index (Phi) is 5.98. The molecule has 1 aliphatic carbocycles. The lowest BCUT2D eigenvalue weighted by Gasteiger charge is -2.05. The van der Waals surface area contributed by atoms with Crippen LogP contribution >= 0.6 is 12.4 Å². The van der Waals surface area contributed by atoms with Gasteiger partial charge in [0.1, 0.15) is 0 Å². The van der Waals surface area contributed by atoms with E-state index in [4.69, 9.17) is 10.8 Å². The van der Waals surface area contributed by atoms with E-state index in [0.29, 0.717) is 30.5 Å². The third-order valence-electron chi connectivity index (χ3n) is 3.47. The summed E-state index contributed by atoms with van der Waals surface area (Å²) in [6.07, 6.45) is 1.30. The molecule has 0 aliphatic heterocycles. The molecular formula is C14H19ClN2O3. The fourth-order valence-corrected chi connectivity index (χ4v) is 2.16. The van der Waals surface area contributed by atoms with Crippen molar-refractivity contribution in [1.29, 1.82) is 0 Å². The van der Waals surface area contributed by atoms with E-state index in [2.05, 4.69) is 5.32 Å². The Bertz CT molecular complexity index is 493. The molecule has 4 N–H and O–H groups in total. The largest absolute Gasteiger partial charge is 0.478 e. The summed E-state index contributed by atoms with van der Waals surface area (Å²) in [7, 11) is 0. The van der Waals surface area contributed by atoms with Crippen LogP contribution in [-0.2, 0) is 11.2 Å². The van der Waals surface area contributed by atoms with Crippen LogP contribution in [-0.4, -0.2) is 30.1 Å². The Morgan fingerprint density at radius 2 is 2.10 bits per heavy atom. The number of nitrogens with one attached hydrogen (secondary N) is 1. The third-order valence-corrected chi connectivity index (χ3v) is 3.47. The smallest absolute Gasteiger partial charge is 0.335 e. The first-order valence-corrected chi connectivity index (χ1v) is 6.39. The number of hydrogen-bond acceptors (Lipinski definition) is 3. The van der Waals surface area contributed by atoms with Crippen LogP contribution in [0.25, 0.3) is 0 Å². The van der Waals surface area contributed by atoms with Gasteiger partial charge < -0.3 is 16.2 Å². The average molecular weight is 299 g/mol. The number of carbonyl (C=O) groups is 2. The fraction of sp³-hybridized carbons (Fsp3) is 0.429. The Morgan fingerprint density at radius 1 is 1.35 bits per heavy atom. The Balaban J connectivity index is 0.00000200. The second-order valence-corrected chi connectivity index (χ2v) is 4.98. The maximum Gasteiger partial charge on any atom is 0.335 e. The molecule has 1 aromatic carbocycles. The van der Waals surface area contributed by atoms with Gasteiger partial charge in [0, 0.05) is 6.54 Å². The number of halogens is 1. The van der Waals surface area contributed by atoms with E-state index < -0.39 is 5.97 Å². The minimum Gasteiger partial charge on any atom is -0.478 e. The van der Waals surface area contributed by atoms with E-state index in [0.717, 1.165) is 6.42 Å². The van der Waals surface area contributed by atoms with E-state index in [1.807, 2.05) is 0 Å². The molecule has 0 radical (unpaired) electrons. The zero-order valence-electron chi connectivity index (χ0n) is 11.0. The first kappa shape index (κ1) is 16.5. The summed E-state index contributed by atoms with van der Waals surface area (Å²) < 4.78 is 0. The molecule has 1 aromatic rings. The molecule has 2 rings (SSSR count). The van der Waals surface area contributed by atoms with Crippen LogP contribution in [0.15, 0.2) is 24.3 Å². The highest BCUT2D eigenvalue weighted by atomic mass is 35.5. The highest BCUT2D eigenvalue weighted by Crippen LogP contribution is 2.36. The second-order valence-electron chi connectivity index (χ2n) is 4.98. The topological polar surface area (TPSA) is 92.4 Å². The van der Waals surface area contributed by atoms with Crippen LogP contribution in [0.4, 0.5) is 0 Å². The quantitative estimate of drug-likeness (QED) is 0.732. The third kappa shape index (κ3) is 4.51. The molecule has 2 unspecified atom stereocenters. The summed E-state index contributed by atoms with van der Waals surface area (Å²) >= 11 is 0. The molecule has 0 bridgehead atoms. The maximum atomic E-state index is 11.7. The molecular weight excluding hydrogens is 280 g/mol. The van der Waals surface area contributed by atoms with Crippen molar-refractivity contribution in [2.75, 3.05) is 13.1 Å². The summed E-state index contributed by atoms with van der Waals surface area (Å²) in [6, 6.07) is 6.45. The van der Waals surface area contributed by atoms with E-state index in [9.17, 15) is 9.59 Å². The van der Waals surface area contributed by atoms with Crippen LogP contribution in [0, 0.1) is 11.8 Å². The number of hydrogen-bond donors (Lipinski definition) is 3. The minimum absolute atomic E-state index is 0. The maximum absolute atomic E-state index is 11.7. The van der Waals surface area contributed by atoms with Crippen molar-refractivity contribution in [2.24, 2.45) is 17.6 Å². The van der Waals surface area contributed by atoms with Gasteiger partial charge in [-0.1, -0.05) is 12.1 Å². The number of carboxylic acids is 1. The van der Waals surface area contributed by atoms with Gasteiger partial charge in [0.2, 0.25) is 5.91 Å². The molecule has 1 fully saturated rings. The SMILES string of the molecule is Cl.NCC1CC1CNC(=O)Cc1cccc(C(=O)O)c1. The zero-order chi connectivity index (χ0) is 13.8. The number of aromatic carboxylic acids is 1. The van der Waals surface area contributed by atoms with E-state index in [1.165, 1.54) is 12.1 Å². The molecule has 6 heteroatoms. The number of rotatable bonds is 6. The van der Waals surface area contributed by atoms with Crippen LogP contribution in [0.5, 0.6) is 0 Å². The van der Waals surface area contributed by atoms with Gasteiger partial charge in [0.25, 0.3) is 0 Å².